The number of hydrogen-bond acceptors (Lipinski definition) is 5. The van der Waals surface area contributed by atoms with Gasteiger partial charge in [-0.3, -0.25) is 14.4 Å². The highest BCUT2D eigenvalue weighted by molar-refractivity contribution is 5.91. The number of nitrogens with two attached hydrogens (primary N) is 1. The summed E-state index contributed by atoms with van der Waals surface area (Å²) in [5.74, 6) is 0.313. The molecule has 2 aromatic rings. The molecule has 7 heteroatoms. The Morgan fingerprint density at radius 1 is 1.40 bits per heavy atom. The number of rotatable bonds is 7. The van der Waals surface area contributed by atoms with Crippen LogP contribution in [0.25, 0.3) is 0 Å². The van der Waals surface area contributed by atoms with E-state index < -0.39 is 0 Å². The monoisotopic (exact) mass is 342 g/mol. The summed E-state index contributed by atoms with van der Waals surface area (Å²) in [6.45, 7) is 6.92. The molecule has 2 heterocycles. The van der Waals surface area contributed by atoms with Crippen LogP contribution in [0.2, 0.25) is 0 Å². The quantitative estimate of drug-likeness (QED) is 0.777. The molecular formula is C18H26N6O. The van der Waals surface area contributed by atoms with Crippen molar-refractivity contribution in [1.82, 2.24) is 25.2 Å². The van der Waals surface area contributed by atoms with Gasteiger partial charge in [0.1, 0.15) is 0 Å². The number of nitrogens with zero attached hydrogens (tertiary/aromatic N) is 4. The number of nitrogens with one attached hydrogen (secondary N) is 1. The largest absolute Gasteiger partial charge is 0.350 e. The molecule has 1 unspecified atom stereocenters. The summed E-state index contributed by atoms with van der Waals surface area (Å²) in [6.07, 6.45) is 2.74. The van der Waals surface area contributed by atoms with Crippen LogP contribution in [0.3, 0.4) is 0 Å². The van der Waals surface area contributed by atoms with Crippen LogP contribution in [-0.4, -0.2) is 52.0 Å². The summed E-state index contributed by atoms with van der Waals surface area (Å²) in [5, 5.41) is 10.8. The maximum atomic E-state index is 12.2. The van der Waals surface area contributed by atoms with Gasteiger partial charge in [-0.2, -0.15) is 0 Å². The minimum Gasteiger partial charge on any atom is -0.350 e. The van der Waals surface area contributed by atoms with E-state index in [-0.39, 0.29) is 5.91 Å². The highest BCUT2D eigenvalue weighted by atomic mass is 16.2. The Bertz CT molecular complexity index is 713. The fraction of sp³-hybridized carbons (Fsp3) is 0.500. The molecule has 25 heavy (non-hydrogen) atoms. The van der Waals surface area contributed by atoms with Gasteiger partial charge in [-0.15, -0.1) is 5.10 Å². The third-order valence-electron chi connectivity index (χ3n) is 4.71. The highest BCUT2D eigenvalue weighted by Gasteiger charge is 2.23. The van der Waals surface area contributed by atoms with Crippen molar-refractivity contribution in [2.45, 2.75) is 26.4 Å². The molecular weight excluding hydrogens is 316 g/mol. The molecule has 0 saturated carbocycles. The second-order valence-corrected chi connectivity index (χ2v) is 6.68. The van der Waals surface area contributed by atoms with Crippen LogP contribution in [-0.2, 0) is 13.1 Å². The summed E-state index contributed by atoms with van der Waals surface area (Å²) >= 11 is 0. The second kappa shape index (κ2) is 8.22. The van der Waals surface area contributed by atoms with Crippen molar-refractivity contribution in [3.63, 3.8) is 0 Å². The van der Waals surface area contributed by atoms with E-state index in [1.165, 1.54) is 11.1 Å². The Labute approximate surface area is 148 Å². The Morgan fingerprint density at radius 3 is 3.04 bits per heavy atom. The van der Waals surface area contributed by atoms with Crippen LogP contribution in [0.15, 0.2) is 30.5 Å². The zero-order valence-corrected chi connectivity index (χ0v) is 14.7. The van der Waals surface area contributed by atoms with E-state index in [1.54, 1.807) is 10.9 Å². The molecule has 1 saturated heterocycles. The molecule has 7 nitrogen and oxygen atoms in total. The van der Waals surface area contributed by atoms with Crippen molar-refractivity contribution in [3.8, 4) is 0 Å². The number of likely N-dealkylation sites (tertiary alicyclic amines) is 1. The lowest BCUT2D eigenvalue weighted by molar-refractivity contribution is 0.0942. The van der Waals surface area contributed by atoms with E-state index in [0.29, 0.717) is 31.2 Å². The summed E-state index contributed by atoms with van der Waals surface area (Å²) < 4.78 is 1.59. The van der Waals surface area contributed by atoms with Crippen molar-refractivity contribution in [3.05, 3.63) is 47.3 Å². The number of aromatic nitrogens is 3. The second-order valence-electron chi connectivity index (χ2n) is 6.68. The molecule has 0 aliphatic carbocycles. The van der Waals surface area contributed by atoms with Crippen molar-refractivity contribution in [2.75, 3.05) is 26.2 Å². The van der Waals surface area contributed by atoms with Crippen LogP contribution in [0, 0.1) is 12.8 Å². The van der Waals surface area contributed by atoms with Gasteiger partial charge in [0.25, 0.3) is 5.91 Å². The average Bonchev–Trinajstić information content (AvgIpc) is 3.25. The smallest absolute Gasteiger partial charge is 0.273 e. The minimum absolute atomic E-state index is 0.166. The lowest BCUT2D eigenvalue weighted by atomic mass is 10.1. The Morgan fingerprint density at radius 2 is 2.24 bits per heavy atom. The van der Waals surface area contributed by atoms with Gasteiger partial charge in [0, 0.05) is 26.2 Å². The topological polar surface area (TPSA) is 89.1 Å². The summed E-state index contributed by atoms with van der Waals surface area (Å²) in [5.41, 5.74) is 8.53. The molecule has 134 valence electrons. The predicted octanol–water partition coefficient (Wildman–Crippen LogP) is 0.797. The molecule has 0 spiro atoms. The highest BCUT2D eigenvalue weighted by Crippen LogP contribution is 2.19. The summed E-state index contributed by atoms with van der Waals surface area (Å²) in [6, 6.07) is 8.51. The lowest BCUT2D eigenvalue weighted by Gasteiger charge is -2.17. The molecule has 0 radical (unpaired) electrons. The summed E-state index contributed by atoms with van der Waals surface area (Å²) in [4.78, 5) is 14.6. The zero-order valence-electron chi connectivity index (χ0n) is 14.7. The van der Waals surface area contributed by atoms with Crippen molar-refractivity contribution < 1.29 is 4.79 Å². The first-order valence-electron chi connectivity index (χ1n) is 8.81. The van der Waals surface area contributed by atoms with Crippen molar-refractivity contribution in [1.29, 1.82) is 0 Å². The predicted molar refractivity (Wildman–Crippen MR) is 96.0 cm³/mol. The van der Waals surface area contributed by atoms with E-state index in [9.17, 15) is 4.79 Å². The molecule has 3 N–H and O–H groups in total. The number of carbonyl (C=O) groups excluding carboxylic acids is 1. The molecule has 1 aromatic heterocycles. The molecule has 1 atom stereocenters. The lowest BCUT2D eigenvalue weighted by Crippen LogP contribution is -2.31. The normalized spacial score (nSPS) is 17.8. The van der Waals surface area contributed by atoms with E-state index in [0.717, 1.165) is 26.1 Å². The third kappa shape index (κ3) is 4.64. The van der Waals surface area contributed by atoms with Crippen molar-refractivity contribution in [2.24, 2.45) is 11.7 Å². The molecule has 0 bridgehead atoms. The van der Waals surface area contributed by atoms with Gasteiger partial charge in [0.15, 0.2) is 5.69 Å². The van der Waals surface area contributed by atoms with Gasteiger partial charge >= 0.3 is 0 Å². The fourth-order valence-electron chi connectivity index (χ4n) is 3.22. The number of carbonyl (C=O) groups is 1. The molecule has 1 amide bonds. The SMILES string of the molecule is Cc1ccccc1CN1CCC(CNC(=O)c2cn(CCN)nn2)C1. The minimum atomic E-state index is -0.166. The number of amides is 1. The maximum absolute atomic E-state index is 12.2. The first kappa shape index (κ1) is 17.6. The van der Waals surface area contributed by atoms with Crippen LogP contribution >= 0.6 is 0 Å². The Hall–Kier alpha value is -2.25. The third-order valence-corrected chi connectivity index (χ3v) is 4.71. The molecule has 1 aliphatic rings. The van der Waals surface area contributed by atoms with Gasteiger partial charge in [-0.25, -0.2) is 0 Å². The Balaban J connectivity index is 1.45. The zero-order chi connectivity index (χ0) is 17.6. The van der Waals surface area contributed by atoms with Gasteiger partial charge in [0.2, 0.25) is 0 Å². The first-order chi connectivity index (χ1) is 12.2. The van der Waals surface area contributed by atoms with E-state index >= 15 is 0 Å². The van der Waals surface area contributed by atoms with Gasteiger partial charge in [-0.05, 0) is 36.9 Å². The number of benzene rings is 1. The molecule has 1 fully saturated rings. The molecule has 3 rings (SSSR count). The Kier molecular flexibility index (Phi) is 5.78. The fourth-order valence-corrected chi connectivity index (χ4v) is 3.22. The van der Waals surface area contributed by atoms with Crippen molar-refractivity contribution >= 4 is 5.91 Å². The van der Waals surface area contributed by atoms with Crippen LogP contribution in [0.4, 0.5) is 0 Å². The summed E-state index contributed by atoms with van der Waals surface area (Å²) in [7, 11) is 0. The number of aryl methyl sites for hydroxylation is 1. The maximum Gasteiger partial charge on any atom is 0.273 e. The van der Waals surface area contributed by atoms with Gasteiger partial charge < -0.3 is 11.1 Å². The standard InChI is InChI=1S/C18H26N6O/c1-14-4-2-3-5-16(14)12-23-8-6-15(11-23)10-20-18(25)17-13-24(9-7-19)22-21-17/h2-5,13,15H,6-12,19H2,1H3,(H,20,25). The van der Waals surface area contributed by atoms with Crippen LogP contribution in [0.5, 0.6) is 0 Å². The van der Waals surface area contributed by atoms with E-state index in [2.05, 4.69) is 51.7 Å². The van der Waals surface area contributed by atoms with E-state index in [1.807, 2.05) is 0 Å². The average molecular weight is 342 g/mol. The van der Waals surface area contributed by atoms with Gasteiger partial charge in [-0.1, -0.05) is 29.5 Å². The van der Waals surface area contributed by atoms with Gasteiger partial charge in [0.05, 0.1) is 12.7 Å². The van der Waals surface area contributed by atoms with E-state index in [4.69, 9.17) is 5.73 Å². The van der Waals surface area contributed by atoms with Crippen LogP contribution < -0.4 is 11.1 Å². The number of hydrogen-bond donors (Lipinski definition) is 2. The molecule has 1 aromatic carbocycles. The first-order valence-corrected chi connectivity index (χ1v) is 8.81. The molecule has 1 aliphatic heterocycles. The van der Waals surface area contributed by atoms with Crippen LogP contribution in [0.1, 0.15) is 28.0 Å².